The van der Waals surface area contributed by atoms with Crippen LogP contribution in [0.25, 0.3) is 0 Å². The van der Waals surface area contributed by atoms with Gasteiger partial charge in [0.25, 0.3) is 0 Å². The van der Waals surface area contributed by atoms with Crippen LogP contribution in [-0.2, 0) is 0 Å². The minimum atomic E-state index is 0.315. The average Bonchev–Trinajstić information content (AvgIpc) is 2.29. The second kappa shape index (κ2) is 8.10. The molecule has 102 valence electrons. The molecule has 0 radical (unpaired) electrons. The Kier molecular flexibility index (Phi) is 7.14. The van der Waals surface area contributed by atoms with Crippen molar-refractivity contribution in [3.63, 3.8) is 0 Å². The van der Waals surface area contributed by atoms with Gasteiger partial charge in [0.15, 0.2) is 0 Å². The zero-order valence-corrected chi connectivity index (χ0v) is 12.1. The van der Waals surface area contributed by atoms with Crippen molar-refractivity contribution in [3.05, 3.63) is 0 Å². The summed E-state index contributed by atoms with van der Waals surface area (Å²) < 4.78 is 0. The fraction of sp³-hybridized carbons (Fsp3) is 1.00. The quantitative estimate of drug-likeness (QED) is 0.635. The molecule has 0 unspecified atom stereocenters. The summed E-state index contributed by atoms with van der Waals surface area (Å²) in [5.41, 5.74) is 0.315. The van der Waals surface area contributed by atoms with Crippen LogP contribution in [0.1, 0.15) is 72.1 Å². The van der Waals surface area contributed by atoms with E-state index in [1.165, 1.54) is 57.9 Å². The smallest absolute Gasteiger partial charge is 0.0197 e. The van der Waals surface area contributed by atoms with E-state index < -0.39 is 0 Å². The van der Waals surface area contributed by atoms with E-state index in [2.05, 4.69) is 31.4 Å². The van der Waals surface area contributed by atoms with Gasteiger partial charge in [-0.15, -0.1) is 0 Å². The van der Waals surface area contributed by atoms with Gasteiger partial charge < -0.3 is 10.6 Å². The van der Waals surface area contributed by atoms with Crippen LogP contribution in [0.3, 0.4) is 0 Å². The molecule has 0 bridgehead atoms. The normalized spacial score (nSPS) is 21.7. The van der Waals surface area contributed by atoms with E-state index >= 15 is 0 Å². The molecule has 0 aromatic rings. The minimum Gasteiger partial charge on any atom is -0.315 e. The molecule has 1 aliphatic heterocycles. The van der Waals surface area contributed by atoms with Gasteiger partial charge >= 0.3 is 0 Å². The number of hydrogen-bond donors (Lipinski definition) is 2. The Bertz CT molecular complexity index is 183. The fourth-order valence-corrected chi connectivity index (χ4v) is 2.77. The number of rotatable bonds is 8. The molecule has 0 amide bonds. The molecular formula is C15H32N2. The molecule has 0 aromatic heterocycles. The molecule has 17 heavy (non-hydrogen) atoms. The molecule has 2 N–H and O–H groups in total. The van der Waals surface area contributed by atoms with E-state index in [4.69, 9.17) is 0 Å². The lowest BCUT2D eigenvalue weighted by atomic mass is 9.93. The largest absolute Gasteiger partial charge is 0.315 e. The van der Waals surface area contributed by atoms with Gasteiger partial charge in [-0.1, -0.05) is 39.0 Å². The van der Waals surface area contributed by atoms with Crippen molar-refractivity contribution in [3.8, 4) is 0 Å². The summed E-state index contributed by atoms with van der Waals surface area (Å²) in [7, 11) is 0. The Morgan fingerprint density at radius 2 is 1.94 bits per heavy atom. The van der Waals surface area contributed by atoms with Crippen LogP contribution in [0.2, 0.25) is 0 Å². The third-order valence-electron chi connectivity index (χ3n) is 3.80. The maximum atomic E-state index is 3.82. The van der Waals surface area contributed by atoms with Gasteiger partial charge in [-0.3, -0.25) is 0 Å². The summed E-state index contributed by atoms with van der Waals surface area (Å²) in [5.74, 6) is 0. The van der Waals surface area contributed by atoms with E-state index in [9.17, 15) is 0 Å². The number of unbranched alkanes of at least 4 members (excludes halogenated alkanes) is 4. The fourth-order valence-electron chi connectivity index (χ4n) is 2.77. The Morgan fingerprint density at radius 1 is 1.18 bits per heavy atom. The van der Waals surface area contributed by atoms with E-state index in [1.807, 2.05) is 0 Å². The van der Waals surface area contributed by atoms with E-state index in [0.717, 1.165) is 6.54 Å². The van der Waals surface area contributed by atoms with E-state index in [1.54, 1.807) is 0 Å². The minimum absolute atomic E-state index is 0.315. The third-order valence-corrected chi connectivity index (χ3v) is 3.80. The van der Waals surface area contributed by atoms with E-state index in [-0.39, 0.29) is 0 Å². The van der Waals surface area contributed by atoms with Crippen molar-refractivity contribution in [2.45, 2.75) is 83.7 Å². The van der Waals surface area contributed by atoms with Crippen LogP contribution in [-0.4, -0.2) is 24.7 Å². The van der Waals surface area contributed by atoms with Crippen LogP contribution >= 0.6 is 0 Å². The molecule has 0 spiro atoms. The first-order chi connectivity index (χ1) is 8.14. The highest BCUT2D eigenvalue weighted by atomic mass is 15.0. The Balaban J connectivity index is 2.11. The zero-order valence-electron chi connectivity index (χ0n) is 12.1. The topological polar surface area (TPSA) is 24.1 Å². The lowest BCUT2D eigenvalue weighted by Crippen LogP contribution is -2.52. The molecule has 2 nitrogen and oxygen atoms in total. The van der Waals surface area contributed by atoms with Gasteiger partial charge in [0.2, 0.25) is 0 Å². The highest BCUT2D eigenvalue weighted by molar-refractivity contribution is 4.85. The highest BCUT2D eigenvalue weighted by Crippen LogP contribution is 2.17. The molecule has 2 heteroatoms. The maximum Gasteiger partial charge on any atom is 0.0197 e. The van der Waals surface area contributed by atoms with Gasteiger partial charge in [-0.05, 0) is 39.7 Å². The maximum absolute atomic E-state index is 3.82. The first kappa shape index (κ1) is 15.0. The van der Waals surface area contributed by atoms with Crippen LogP contribution in [0.15, 0.2) is 0 Å². The number of piperidine rings is 1. The Hall–Kier alpha value is -0.0800. The molecule has 1 atom stereocenters. The Morgan fingerprint density at radius 3 is 2.59 bits per heavy atom. The second-order valence-electron chi connectivity index (χ2n) is 6.24. The monoisotopic (exact) mass is 240 g/mol. The molecule has 1 fully saturated rings. The predicted octanol–water partition coefficient (Wildman–Crippen LogP) is 3.47. The summed E-state index contributed by atoms with van der Waals surface area (Å²) in [5, 5.41) is 7.30. The summed E-state index contributed by atoms with van der Waals surface area (Å²) in [6.45, 7) is 9.36. The molecule has 1 rings (SSSR count). The average molecular weight is 240 g/mol. The van der Waals surface area contributed by atoms with Crippen LogP contribution in [0, 0.1) is 0 Å². The van der Waals surface area contributed by atoms with Crippen molar-refractivity contribution in [2.75, 3.05) is 13.1 Å². The van der Waals surface area contributed by atoms with Crippen LogP contribution in [0.4, 0.5) is 0 Å². The lowest BCUT2D eigenvalue weighted by Gasteiger charge is -2.34. The van der Waals surface area contributed by atoms with Crippen molar-refractivity contribution in [1.29, 1.82) is 0 Å². The molecule has 0 saturated carbocycles. The predicted molar refractivity (Wildman–Crippen MR) is 76.5 cm³/mol. The van der Waals surface area contributed by atoms with Gasteiger partial charge in [0.1, 0.15) is 0 Å². The summed E-state index contributed by atoms with van der Waals surface area (Å²) >= 11 is 0. The summed E-state index contributed by atoms with van der Waals surface area (Å²) in [6, 6.07) is 0.689. The molecule has 0 aromatic carbocycles. The van der Waals surface area contributed by atoms with Crippen molar-refractivity contribution in [1.82, 2.24) is 10.6 Å². The molecular weight excluding hydrogens is 208 g/mol. The molecule has 1 saturated heterocycles. The van der Waals surface area contributed by atoms with Gasteiger partial charge in [-0.25, -0.2) is 0 Å². The van der Waals surface area contributed by atoms with Crippen LogP contribution in [0.5, 0.6) is 0 Å². The molecule has 0 aliphatic carbocycles. The van der Waals surface area contributed by atoms with Gasteiger partial charge in [0, 0.05) is 18.1 Å². The third kappa shape index (κ3) is 7.05. The van der Waals surface area contributed by atoms with Crippen molar-refractivity contribution in [2.24, 2.45) is 0 Å². The first-order valence-corrected chi connectivity index (χ1v) is 7.62. The number of nitrogens with one attached hydrogen (secondary N) is 2. The molecule has 1 aliphatic rings. The van der Waals surface area contributed by atoms with Crippen LogP contribution < -0.4 is 10.6 Å². The summed E-state index contributed by atoms with van der Waals surface area (Å²) in [4.78, 5) is 0. The summed E-state index contributed by atoms with van der Waals surface area (Å²) in [6.07, 6.45) is 10.9. The Labute approximate surface area is 108 Å². The second-order valence-corrected chi connectivity index (χ2v) is 6.24. The highest BCUT2D eigenvalue weighted by Gasteiger charge is 2.22. The zero-order chi connectivity index (χ0) is 12.6. The van der Waals surface area contributed by atoms with E-state index in [0.29, 0.717) is 11.6 Å². The van der Waals surface area contributed by atoms with Gasteiger partial charge in [0.05, 0.1) is 0 Å². The van der Waals surface area contributed by atoms with Crippen molar-refractivity contribution >= 4 is 0 Å². The standard InChI is InChI=1S/C15H32N2/c1-4-5-6-7-8-11-15(2,3)17-14-10-9-12-16-13-14/h14,16-17H,4-13H2,1-3H3/t14-/m1/s1. The lowest BCUT2D eigenvalue weighted by molar-refractivity contribution is 0.270. The molecule has 1 heterocycles. The SMILES string of the molecule is CCCCCCCC(C)(C)N[C@@H]1CCCNC1. The number of hydrogen-bond acceptors (Lipinski definition) is 2. The van der Waals surface area contributed by atoms with Gasteiger partial charge in [-0.2, -0.15) is 0 Å². The first-order valence-electron chi connectivity index (χ1n) is 7.62. The van der Waals surface area contributed by atoms with Crippen molar-refractivity contribution < 1.29 is 0 Å².